The fraction of sp³-hybridized carbons (Fsp3) is 0. The third-order valence-electron chi connectivity index (χ3n) is 10.3. The number of benzene rings is 4. The van der Waals surface area contributed by atoms with Gasteiger partial charge in [-0.15, -0.1) is 0 Å². The molecule has 4 aromatic carbocycles. The fourth-order valence-corrected chi connectivity index (χ4v) is 7.51. The van der Waals surface area contributed by atoms with Gasteiger partial charge in [0, 0.05) is 50.5 Å². The van der Waals surface area contributed by atoms with Gasteiger partial charge in [0.1, 0.15) is 0 Å². The molecule has 2 aliphatic rings. The Kier molecular flexibility index (Phi) is 10.4. The number of carboxylic acid groups (broad SMARTS) is 4. The zero-order valence-corrected chi connectivity index (χ0v) is 32.8. The Morgan fingerprint density at radius 2 is 0.836 bits per heavy atom. The van der Waals surface area contributed by atoms with Crippen molar-refractivity contribution >= 4 is 70.2 Å². The van der Waals surface area contributed by atoms with E-state index in [-0.39, 0.29) is 39.3 Å². The van der Waals surface area contributed by atoms with E-state index >= 15 is 0 Å². The molecule has 0 atom stereocenters. The van der Waals surface area contributed by atoms with E-state index in [0.717, 1.165) is 11.0 Å². The number of aromatic nitrogens is 4. The van der Waals surface area contributed by atoms with Crippen LogP contribution in [0, 0.1) is 0 Å². The van der Waals surface area contributed by atoms with E-state index in [1.54, 1.807) is 48.5 Å². The molecule has 1 radical (unpaired) electrons. The van der Waals surface area contributed by atoms with Crippen molar-refractivity contribution in [2.45, 2.75) is 0 Å². The Bertz CT molecular complexity index is 3180. The zero-order chi connectivity index (χ0) is 41.7. The number of hydrogen-bond donors (Lipinski definition) is 5. The van der Waals surface area contributed by atoms with Crippen LogP contribution < -0.4 is 0 Å². The van der Waals surface area contributed by atoms with Crippen LogP contribution >= 0.6 is 0 Å². The van der Waals surface area contributed by atoms with Crippen molar-refractivity contribution < 1.29 is 56.7 Å². The van der Waals surface area contributed by atoms with Gasteiger partial charge in [0.25, 0.3) is 0 Å². The molecule has 13 heteroatoms. The average molecular weight is 846 g/mol. The molecule has 9 rings (SSSR count). The van der Waals surface area contributed by atoms with Crippen molar-refractivity contribution in [1.29, 1.82) is 0 Å². The van der Waals surface area contributed by atoms with Crippen molar-refractivity contribution in [1.82, 2.24) is 19.5 Å². The number of carbonyl (C=O) groups is 4. The van der Waals surface area contributed by atoms with Crippen LogP contribution in [0.3, 0.4) is 0 Å². The van der Waals surface area contributed by atoms with Crippen LogP contribution in [0.25, 0.3) is 85.4 Å². The predicted octanol–water partition coefficient (Wildman–Crippen LogP) is 9.91. The quantitative estimate of drug-likeness (QED) is 0.0919. The molecule has 8 bridgehead atoms. The molecule has 0 unspecified atom stereocenters. The van der Waals surface area contributed by atoms with Gasteiger partial charge in [-0.05, 0) is 132 Å². The first-order valence-corrected chi connectivity index (χ1v) is 18.5. The third-order valence-corrected chi connectivity index (χ3v) is 10.3. The molecule has 0 saturated carbocycles. The maximum Gasteiger partial charge on any atom is 0.335 e. The molecule has 5 N–H and O–H groups in total. The van der Waals surface area contributed by atoms with E-state index in [1.807, 2.05) is 59.2 Å². The SMILES string of the molecule is O=C(O)c1ccc(-c2c(-c3ccc(C(=O)O)cc3)c3c(-c4ccc(C(=O)O)cc4)c4nc(cc5ccc(cc6nc(cc2n3-c2ccc(C(=O)O)cc2)C=C6)[nH]5)C=C4)cc1.[Mn]. The first kappa shape index (κ1) is 39.7. The molecule has 5 heterocycles. The van der Waals surface area contributed by atoms with E-state index in [2.05, 4.69) is 4.98 Å². The Balaban J connectivity index is 0.00000514. The van der Waals surface area contributed by atoms with Gasteiger partial charge in [0.05, 0.1) is 56.1 Å². The molecule has 0 amide bonds. The second kappa shape index (κ2) is 15.9. The smallest absolute Gasteiger partial charge is 0.335 e. The van der Waals surface area contributed by atoms with Crippen LogP contribution in [-0.4, -0.2) is 63.8 Å². The van der Waals surface area contributed by atoms with E-state index in [9.17, 15) is 39.6 Å². The summed E-state index contributed by atoms with van der Waals surface area (Å²) in [5, 5.41) is 39.6. The van der Waals surface area contributed by atoms with Crippen LogP contribution in [-0.2, 0) is 17.1 Å². The predicted molar refractivity (Wildman–Crippen MR) is 228 cm³/mol. The van der Waals surface area contributed by atoms with E-state index < -0.39 is 23.9 Å². The molecular formula is C48H30MnN4O8. The van der Waals surface area contributed by atoms with Gasteiger partial charge in [-0.1, -0.05) is 36.4 Å². The summed E-state index contributed by atoms with van der Waals surface area (Å²) in [7, 11) is 0. The number of hydrogen-bond acceptors (Lipinski definition) is 6. The molecule has 0 spiro atoms. The minimum absolute atomic E-state index is 0. The van der Waals surface area contributed by atoms with Crippen LogP contribution in [0.2, 0.25) is 0 Å². The topological polar surface area (TPSA) is 196 Å². The normalized spacial score (nSPS) is 11.5. The van der Waals surface area contributed by atoms with Crippen LogP contribution in [0.15, 0.2) is 127 Å². The van der Waals surface area contributed by atoms with E-state index in [0.29, 0.717) is 72.9 Å². The van der Waals surface area contributed by atoms with Crippen molar-refractivity contribution in [3.63, 3.8) is 0 Å². The van der Waals surface area contributed by atoms with E-state index in [4.69, 9.17) is 9.97 Å². The standard InChI is InChI=1S/C48H30N4O8.Mn/c53-45(54)29-7-1-26(2-8-29)41-39-22-19-36(51-39)24-35-16-15-33(49-35)23-34-17-18-37(50-34)25-40-42(27-3-9-30(10-4-27)46(55)56)43(28-5-11-31(12-6-28)47(57)58)44(41)52(40)38-20-13-32(14-21-38)48(59)60;/h1-25,49H,(H,53,54)(H,55,56)(H,57,58)(H,59,60);. The summed E-state index contributed by atoms with van der Waals surface area (Å²) in [4.78, 5) is 61.9. The molecular weight excluding hydrogens is 815 g/mol. The van der Waals surface area contributed by atoms with Crippen LogP contribution in [0.4, 0.5) is 0 Å². The summed E-state index contributed by atoms with van der Waals surface area (Å²) >= 11 is 0. The monoisotopic (exact) mass is 845 g/mol. The minimum Gasteiger partial charge on any atom is -0.478 e. The molecule has 0 aliphatic carbocycles. The number of nitrogens with one attached hydrogen (secondary N) is 1. The first-order valence-electron chi connectivity index (χ1n) is 18.5. The fourth-order valence-electron chi connectivity index (χ4n) is 7.51. The van der Waals surface area contributed by atoms with Crippen molar-refractivity contribution in [3.8, 4) is 39.1 Å². The van der Waals surface area contributed by atoms with Gasteiger partial charge in [-0.2, -0.15) is 0 Å². The summed E-state index contributed by atoms with van der Waals surface area (Å²) in [6.07, 6.45) is 7.46. The summed E-state index contributed by atoms with van der Waals surface area (Å²) in [6.45, 7) is 0. The number of fused-ring (bicyclic) bond motifs is 8. The molecule has 297 valence electrons. The third kappa shape index (κ3) is 7.54. The molecule has 7 aromatic rings. The first-order chi connectivity index (χ1) is 29.0. The summed E-state index contributed by atoms with van der Waals surface area (Å²) in [5.41, 5.74) is 9.34. The van der Waals surface area contributed by atoms with Crippen molar-refractivity contribution in [2.75, 3.05) is 0 Å². The maximum absolute atomic E-state index is 12.1. The van der Waals surface area contributed by atoms with Gasteiger partial charge in [0.2, 0.25) is 0 Å². The Morgan fingerprint density at radius 1 is 0.443 bits per heavy atom. The van der Waals surface area contributed by atoms with Crippen molar-refractivity contribution in [2.24, 2.45) is 0 Å². The Labute approximate surface area is 356 Å². The number of H-pyrrole nitrogens is 1. The van der Waals surface area contributed by atoms with E-state index in [1.165, 1.54) is 48.5 Å². The largest absolute Gasteiger partial charge is 0.478 e. The summed E-state index contributed by atoms with van der Waals surface area (Å²) < 4.78 is 1.95. The Morgan fingerprint density at radius 3 is 1.31 bits per heavy atom. The van der Waals surface area contributed by atoms with Crippen molar-refractivity contribution in [3.05, 3.63) is 172 Å². The molecule has 12 nitrogen and oxygen atoms in total. The number of aromatic amines is 1. The molecule has 0 saturated heterocycles. The summed E-state index contributed by atoms with van der Waals surface area (Å²) in [6, 6.07) is 35.1. The summed E-state index contributed by atoms with van der Waals surface area (Å²) in [5.74, 6) is -4.45. The van der Waals surface area contributed by atoms with Gasteiger partial charge >= 0.3 is 23.9 Å². The molecule has 0 fully saturated rings. The Hall–Kier alpha value is -8.12. The average Bonchev–Trinajstić information content (AvgIpc) is 4.06. The van der Waals surface area contributed by atoms with Gasteiger partial charge in [-0.25, -0.2) is 29.1 Å². The number of carboxylic acids is 4. The van der Waals surface area contributed by atoms with Crippen LogP contribution in [0.1, 0.15) is 64.2 Å². The second-order valence-corrected chi connectivity index (χ2v) is 14.0. The second-order valence-electron chi connectivity index (χ2n) is 14.0. The molecule has 3 aromatic heterocycles. The molecule has 2 aliphatic heterocycles. The number of nitrogens with zero attached hydrogens (tertiary/aromatic N) is 3. The maximum atomic E-state index is 12.1. The number of rotatable bonds is 8. The van der Waals surface area contributed by atoms with Gasteiger partial charge in [-0.3, -0.25) is 0 Å². The molecule has 61 heavy (non-hydrogen) atoms. The van der Waals surface area contributed by atoms with Gasteiger partial charge in [0.15, 0.2) is 0 Å². The number of aromatic carboxylic acids is 4. The zero-order valence-electron chi connectivity index (χ0n) is 31.6. The van der Waals surface area contributed by atoms with Gasteiger partial charge < -0.3 is 30.0 Å². The van der Waals surface area contributed by atoms with Crippen LogP contribution in [0.5, 0.6) is 0 Å². The minimum atomic E-state index is -1.12.